The molecule has 2 aromatic rings. The fraction of sp³-hybridized carbons (Fsp3) is 0.294. The number of hydrogen-bond acceptors (Lipinski definition) is 2. The summed E-state index contributed by atoms with van der Waals surface area (Å²) in [6, 6.07) is 12.7. The van der Waals surface area contributed by atoms with Crippen molar-refractivity contribution in [3.05, 3.63) is 65.0 Å². The zero-order valence-electron chi connectivity index (χ0n) is 11.9. The van der Waals surface area contributed by atoms with Crippen LogP contribution >= 0.6 is 0 Å². The van der Waals surface area contributed by atoms with Gasteiger partial charge in [0, 0.05) is 6.54 Å². The molecule has 0 heterocycles. The third kappa shape index (κ3) is 3.58. The molecule has 0 aliphatic heterocycles. The van der Waals surface area contributed by atoms with Crippen LogP contribution in [-0.2, 0) is 13.2 Å². The highest BCUT2D eigenvalue weighted by molar-refractivity contribution is 5.32. The van der Waals surface area contributed by atoms with Gasteiger partial charge in [0.2, 0.25) is 0 Å². The van der Waals surface area contributed by atoms with Gasteiger partial charge in [-0.2, -0.15) is 0 Å². The fourth-order valence-electron chi connectivity index (χ4n) is 2.05. The zero-order chi connectivity index (χ0) is 14.5. The summed E-state index contributed by atoms with van der Waals surface area (Å²) in [5, 5.41) is 0. The van der Waals surface area contributed by atoms with Crippen molar-refractivity contribution >= 4 is 0 Å². The van der Waals surface area contributed by atoms with Crippen molar-refractivity contribution in [2.75, 3.05) is 0 Å². The Labute approximate surface area is 119 Å². The number of rotatable bonds is 5. The van der Waals surface area contributed by atoms with Gasteiger partial charge in [-0.05, 0) is 46.9 Å². The minimum Gasteiger partial charge on any atom is -0.489 e. The molecule has 0 bridgehead atoms. The van der Waals surface area contributed by atoms with Crippen LogP contribution in [0.4, 0.5) is 4.39 Å². The predicted octanol–water partition coefficient (Wildman–Crippen LogP) is 3.99. The van der Waals surface area contributed by atoms with Gasteiger partial charge in [0.05, 0.1) is 0 Å². The van der Waals surface area contributed by atoms with Gasteiger partial charge in [-0.3, -0.25) is 0 Å². The summed E-state index contributed by atoms with van der Waals surface area (Å²) in [6.45, 7) is 4.99. The van der Waals surface area contributed by atoms with Crippen LogP contribution < -0.4 is 10.5 Å². The maximum absolute atomic E-state index is 13.1. The van der Waals surface area contributed by atoms with E-state index in [-0.39, 0.29) is 5.82 Å². The maximum Gasteiger partial charge on any atom is 0.123 e. The second-order valence-electron chi connectivity index (χ2n) is 5.13. The minimum atomic E-state index is -0.268. The van der Waals surface area contributed by atoms with Gasteiger partial charge in [0.1, 0.15) is 18.2 Å². The molecule has 0 spiro atoms. The Morgan fingerprint density at radius 1 is 1.10 bits per heavy atom. The number of nitrogens with two attached hydrogens (primary N) is 1. The summed E-state index contributed by atoms with van der Waals surface area (Å²) >= 11 is 0. The van der Waals surface area contributed by atoms with Crippen molar-refractivity contribution in [2.45, 2.75) is 32.9 Å². The van der Waals surface area contributed by atoms with Crippen LogP contribution in [-0.4, -0.2) is 0 Å². The molecular formula is C17H20FNO. The molecule has 0 fully saturated rings. The Balaban J connectivity index is 2.10. The second-order valence-corrected chi connectivity index (χ2v) is 5.13. The van der Waals surface area contributed by atoms with Crippen LogP contribution in [0.3, 0.4) is 0 Å². The molecule has 0 unspecified atom stereocenters. The highest BCUT2D eigenvalue weighted by Gasteiger charge is 2.05. The quantitative estimate of drug-likeness (QED) is 0.894. The molecule has 0 atom stereocenters. The van der Waals surface area contributed by atoms with Crippen molar-refractivity contribution in [1.82, 2.24) is 0 Å². The average Bonchev–Trinajstić information content (AvgIpc) is 2.46. The summed E-state index contributed by atoms with van der Waals surface area (Å²) in [5.41, 5.74) is 8.57. The fourth-order valence-corrected chi connectivity index (χ4v) is 2.05. The molecule has 20 heavy (non-hydrogen) atoms. The van der Waals surface area contributed by atoms with E-state index in [1.54, 1.807) is 6.07 Å². The van der Waals surface area contributed by atoms with Gasteiger partial charge in [-0.25, -0.2) is 4.39 Å². The SMILES string of the molecule is CC(C)c1cccc(OCc2ccc(F)cc2CN)c1. The highest BCUT2D eigenvalue weighted by atomic mass is 19.1. The average molecular weight is 273 g/mol. The van der Waals surface area contributed by atoms with Gasteiger partial charge < -0.3 is 10.5 Å². The normalized spacial score (nSPS) is 10.8. The topological polar surface area (TPSA) is 35.2 Å². The molecule has 0 radical (unpaired) electrons. The van der Waals surface area contributed by atoms with Gasteiger partial charge >= 0.3 is 0 Å². The number of halogens is 1. The van der Waals surface area contributed by atoms with Crippen molar-refractivity contribution in [1.29, 1.82) is 0 Å². The van der Waals surface area contributed by atoms with E-state index in [4.69, 9.17) is 10.5 Å². The molecule has 0 saturated carbocycles. The Bertz CT molecular complexity index is 581. The Kier molecular flexibility index (Phi) is 4.74. The summed E-state index contributed by atoms with van der Waals surface area (Å²) < 4.78 is 18.9. The minimum absolute atomic E-state index is 0.268. The summed E-state index contributed by atoms with van der Waals surface area (Å²) in [6.07, 6.45) is 0. The molecule has 0 aliphatic rings. The molecule has 2 N–H and O–H groups in total. The number of hydrogen-bond donors (Lipinski definition) is 1. The Hall–Kier alpha value is -1.87. The lowest BCUT2D eigenvalue weighted by Gasteiger charge is -2.12. The third-order valence-electron chi connectivity index (χ3n) is 3.31. The Morgan fingerprint density at radius 3 is 2.60 bits per heavy atom. The van der Waals surface area contributed by atoms with E-state index < -0.39 is 0 Å². The lowest BCUT2D eigenvalue weighted by molar-refractivity contribution is 0.304. The molecule has 0 aliphatic carbocycles. The molecule has 3 heteroatoms. The van der Waals surface area contributed by atoms with Gasteiger partial charge in [0.15, 0.2) is 0 Å². The summed E-state index contributed by atoms with van der Waals surface area (Å²) in [4.78, 5) is 0. The van der Waals surface area contributed by atoms with E-state index in [1.165, 1.54) is 17.7 Å². The molecule has 0 aromatic heterocycles. The lowest BCUT2D eigenvalue weighted by atomic mass is 10.0. The molecule has 2 nitrogen and oxygen atoms in total. The van der Waals surface area contributed by atoms with E-state index in [2.05, 4.69) is 19.9 Å². The molecule has 0 amide bonds. The maximum atomic E-state index is 13.1. The van der Waals surface area contributed by atoms with Crippen molar-refractivity contribution < 1.29 is 9.13 Å². The summed E-state index contributed by atoms with van der Waals surface area (Å²) in [7, 11) is 0. The van der Waals surface area contributed by atoms with E-state index in [9.17, 15) is 4.39 Å². The first-order valence-corrected chi connectivity index (χ1v) is 6.80. The van der Waals surface area contributed by atoms with Crippen LogP contribution in [0.15, 0.2) is 42.5 Å². The van der Waals surface area contributed by atoms with E-state index in [1.807, 2.05) is 18.2 Å². The first-order valence-electron chi connectivity index (χ1n) is 6.80. The third-order valence-corrected chi connectivity index (χ3v) is 3.31. The number of ether oxygens (including phenoxy) is 1. The molecule has 2 aromatic carbocycles. The van der Waals surface area contributed by atoms with E-state index in [0.29, 0.717) is 19.1 Å². The van der Waals surface area contributed by atoms with Crippen molar-refractivity contribution in [3.8, 4) is 5.75 Å². The molecule has 0 saturated heterocycles. The second kappa shape index (κ2) is 6.53. The van der Waals surface area contributed by atoms with Crippen molar-refractivity contribution in [3.63, 3.8) is 0 Å². The largest absolute Gasteiger partial charge is 0.489 e. The predicted molar refractivity (Wildman–Crippen MR) is 79.2 cm³/mol. The molecular weight excluding hydrogens is 253 g/mol. The van der Waals surface area contributed by atoms with Crippen LogP contribution in [0, 0.1) is 5.82 Å². The number of benzene rings is 2. The molecule has 106 valence electrons. The van der Waals surface area contributed by atoms with E-state index >= 15 is 0 Å². The smallest absolute Gasteiger partial charge is 0.123 e. The first kappa shape index (κ1) is 14.5. The first-order chi connectivity index (χ1) is 9.60. The van der Waals surface area contributed by atoms with E-state index in [0.717, 1.165) is 16.9 Å². The standard InChI is InChI=1S/C17H20FNO/c1-12(2)13-4-3-5-17(9-13)20-11-14-6-7-16(18)8-15(14)10-19/h3-9,12H,10-11,19H2,1-2H3. The van der Waals surface area contributed by atoms with Gasteiger partial charge in [0.25, 0.3) is 0 Å². The van der Waals surface area contributed by atoms with Crippen LogP contribution in [0.2, 0.25) is 0 Å². The van der Waals surface area contributed by atoms with Gasteiger partial charge in [-0.1, -0.05) is 32.0 Å². The summed E-state index contributed by atoms with van der Waals surface area (Å²) in [5.74, 6) is 1.02. The lowest BCUT2D eigenvalue weighted by Crippen LogP contribution is -2.05. The Morgan fingerprint density at radius 2 is 1.90 bits per heavy atom. The van der Waals surface area contributed by atoms with Crippen LogP contribution in [0.1, 0.15) is 36.5 Å². The monoisotopic (exact) mass is 273 g/mol. The van der Waals surface area contributed by atoms with Crippen LogP contribution in [0.25, 0.3) is 0 Å². The molecule has 2 rings (SSSR count). The highest BCUT2D eigenvalue weighted by Crippen LogP contribution is 2.21. The van der Waals surface area contributed by atoms with Crippen LogP contribution in [0.5, 0.6) is 5.75 Å². The van der Waals surface area contributed by atoms with Gasteiger partial charge in [-0.15, -0.1) is 0 Å². The van der Waals surface area contributed by atoms with Crippen molar-refractivity contribution in [2.24, 2.45) is 5.73 Å². The zero-order valence-corrected chi connectivity index (χ0v) is 11.9.